The van der Waals surface area contributed by atoms with Crippen molar-refractivity contribution in [3.05, 3.63) is 34.1 Å². The maximum absolute atomic E-state index is 6.47. The molecule has 2 aromatic rings. The molecule has 1 aromatic heterocycles. The Kier molecular flexibility index (Phi) is 3.42. The summed E-state index contributed by atoms with van der Waals surface area (Å²) in [4.78, 5) is 0. The monoisotopic (exact) mass is 302 g/mol. The third-order valence-electron chi connectivity index (χ3n) is 4.87. The van der Waals surface area contributed by atoms with E-state index in [0.29, 0.717) is 0 Å². The maximum atomic E-state index is 6.47. The van der Waals surface area contributed by atoms with Crippen molar-refractivity contribution >= 4 is 11.6 Å². The van der Waals surface area contributed by atoms with Crippen LogP contribution in [0.1, 0.15) is 49.1 Å². The predicted octanol–water partition coefficient (Wildman–Crippen LogP) is 3.54. The highest BCUT2D eigenvalue weighted by atomic mass is 35.5. The molecule has 0 radical (unpaired) electrons. The largest absolute Gasteiger partial charge is 0.196 e. The van der Waals surface area contributed by atoms with Crippen molar-refractivity contribution in [3.63, 3.8) is 0 Å². The molecular formula is C16H19ClN4. The maximum Gasteiger partial charge on any atom is 0.157 e. The zero-order valence-electron chi connectivity index (χ0n) is 12.1. The minimum absolute atomic E-state index is 0.725. The SMILES string of the molecule is Clc1cc2c(cc1-n1nnnc1CC1CCCC1)CCC2. The lowest BCUT2D eigenvalue weighted by Gasteiger charge is -2.11. The molecular weight excluding hydrogens is 284 g/mol. The van der Waals surface area contributed by atoms with E-state index in [1.54, 1.807) is 0 Å². The van der Waals surface area contributed by atoms with Crippen molar-refractivity contribution in [1.82, 2.24) is 20.2 Å². The number of benzene rings is 1. The normalized spacial score (nSPS) is 18.3. The Bertz CT molecular complexity index is 658. The first-order valence-electron chi connectivity index (χ1n) is 7.90. The van der Waals surface area contributed by atoms with Crippen molar-refractivity contribution in [3.8, 4) is 5.69 Å². The lowest BCUT2D eigenvalue weighted by atomic mass is 10.0. The second kappa shape index (κ2) is 5.41. The zero-order valence-corrected chi connectivity index (χ0v) is 12.8. The molecule has 110 valence electrons. The fraction of sp³-hybridized carbons (Fsp3) is 0.562. The van der Waals surface area contributed by atoms with Gasteiger partial charge in [0.1, 0.15) is 0 Å². The van der Waals surface area contributed by atoms with Crippen molar-refractivity contribution in [2.75, 3.05) is 0 Å². The zero-order chi connectivity index (χ0) is 14.2. The molecule has 5 heteroatoms. The second-order valence-electron chi connectivity index (χ2n) is 6.29. The number of halogens is 1. The first kappa shape index (κ1) is 13.3. The van der Waals surface area contributed by atoms with Crippen LogP contribution in [0.2, 0.25) is 5.02 Å². The van der Waals surface area contributed by atoms with Crippen LogP contribution in [-0.2, 0) is 19.3 Å². The predicted molar refractivity (Wildman–Crippen MR) is 81.9 cm³/mol. The summed E-state index contributed by atoms with van der Waals surface area (Å²) in [5, 5.41) is 13.1. The Balaban J connectivity index is 1.69. The van der Waals surface area contributed by atoms with E-state index in [4.69, 9.17) is 11.6 Å². The molecule has 1 aromatic carbocycles. The molecule has 0 aliphatic heterocycles. The van der Waals surface area contributed by atoms with Crippen LogP contribution >= 0.6 is 11.6 Å². The molecule has 2 aliphatic rings. The summed E-state index contributed by atoms with van der Waals surface area (Å²) < 4.78 is 1.85. The van der Waals surface area contributed by atoms with Crippen LogP contribution in [0.25, 0.3) is 5.69 Å². The fourth-order valence-corrected chi connectivity index (χ4v) is 4.00. The van der Waals surface area contributed by atoms with Gasteiger partial charge in [0.2, 0.25) is 0 Å². The van der Waals surface area contributed by atoms with Gasteiger partial charge in [0, 0.05) is 6.42 Å². The van der Waals surface area contributed by atoms with E-state index in [1.807, 2.05) is 4.68 Å². The summed E-state index contributed by atoms with van der Waals surface area (Å²) in [7, 11) is 0. The Morgan fingerprint density at radius 3 is 2.67 bits per heavy atom. The molecule has 0 atom stereocenters. The van der Waals surface area contributed by atoms with Gasteiger partial charge in [0.05, 0.1) is 10.7 Å². The average Bonchev–Trinajstić information content (AvgIpc) is 3.19. The summed E-state index contributed by atoms with van der Waals surface area (Å²) in [5.74, 6) is 1.67. The van der Waals surface area contributed by atoms with Gasteiger partial charge in [-0.1, -0.05) is 37.3 Å². The van der Waals surface area contributed by atoms with Gasteiger partial charge >= 0.3 is 0 Å². The summed E-state index contributed by atoms with van der Waals surface area (Å²) in [5.41, 5.74) is 3.72. The highest BCUT2D eigenvalue weighted by Gasteiger charge is 2.21. The van der Waals surface area contributed by atoms with Gasteiger partial charge in [0.25, 0.3) is 0 Å². The highest BCUT2D eigenvalue weighted by Crippen LogP contribution is 2.32. The summed E-state index contributed by atoms with van der Waals surface area (Å²) in [6.07, 6.45) is 9.73. The fourth-order valence-electron chi connectivity index (χ4n) is 3.74. The van der Waals surface area contributed by atoms with Crippen LogP contribution < -0.4 is 0 Å². The number of aryl methyl sites for hydroxylation is 2. The minimum Gasteiger partial charge on any atom is -0.196 e. The number of hydrogen-bond acceptors (Lipinski definition) is 3. The summed E-state index contributed by atoms with van der Waals surface area (Å²) in [6, 6.07) is 4.28. The molecule has 1 saturated carbocycles. The Hall–Kier alpha value is -1.42. The number of nitrogens with zero attached hydrogens (tertiary/aromatic N) is 4. The second-order valence-corrected chi connectivity index (χ2v) is 6.69. The molecule has 4 nitrogen and oxygen atoms in total. The van der Waals surface area contributed by atoms with Crippen LogP contribution in [0.5, 0.6) is 0 Å². The molecule has 1 heterocycles. The van der Waals surface area contributed by atoms with E-state index in [2.05, 4.69) is 27.7 Å². The first-order valence-corrected chi connectivity index (χ1v) is 8.28. The van der Waals surface area contributed by atoms with Crippen LogP contribution in [-0.4, -0.2) is 20.2 Å². The molecule has 0 N–H and O–H groups in total. The van der Waals surface area contributed by atoms with Gasteiger partial charge in [-0.2, -0.15) is 4.68 Å². The Morgan fingerprint density at radius 2 is 1.86 bits per heavy atom. The van der Waals surface area contributed by atoms with Gasteiger partial charge in [-0.15, -0.1) is 5.10 Å². The Morgan fingerprint density at radius 1 is 1.10 bits per heavy atom. The molecule has 0 saturated heterocycles. The molecule has 0 spiro atoms. The Labute approximate surface area is 129 Å². The molecule has 0 amide bonds. The van der Waals surface area contributed by atoms with E-state index in [9.17, 15) is 0 Å². The van der Waals surface area contributed by atoms with Gasteiger partial charge in [0.15, 0.2) is 5.82 Å². The number of hydrogen-bond donors (Lipinski definition) is 0. The lowest BCUT2D eigenvalue weighted by molar-refractivity contribution is 0.522. The van der Waals surface area contributed by atoms with Crippen molar-refractivity contribution in [2.45, 2.75) is 51.4 Å². The van der Waals surface area contributed by atoms with Gasteiger partial charge in [-0.25, -0.2) is 0 Å². The highest BCUT2D eigenvalue weighted by molar-refractivity contribution is 6.32. The van der Waals surface area contributed by atoms with E-state index >= 15 is 0 Å². The van der Waals surface area contributed by atoms with E-state index in [-0.39, 0.29) is 0 Å². The number of fused-ring (bicyclic) bond motifs is 1. The number of aromatic nitrogens is 4. The van der Waals surface area contributed by atoms with Crippen LogP contribution in [0.4, 0.5) is 0 Å². The third-order valence-corrected chi connectivity index (χ3v) is 5.17. The number of rotatable bonds is 3. The van der Waals surface area contributed by atoms with Crippen molar-refractivity contribution < 1.29 is 0 Å². The lowest BCUT2D eigenvalue weighted by Crippen LogP contribution is -2.09. The third kappa shape index (κ3) is 2.46. The van der Waals surface area contributed by atoms with Crippen molar-refractivity contribution in [2.24, 2.45) is 5.92 Å². The molecule has 4 rings (SSSR count). The van der Waals surface area contributed by atoms with Crippen molar-refractivity contribution in [1.29, 1.82) is 0 Å². The molecule has 0 bridgehead atoms. The van der Waals surface area contributed by atoms with Crippen LogP contribution in [0.15, 0.2) is 12.1 Å². The minimum atomic E-state index is 0.725. The van der Waals surface area contributed by atoms with E-state index in [0.717, 1.165) is 41.7 Å². The van der Waals surface area contributed by atoms with E-state index < -0.39 is 0 Å². The molecule has 2 aliphatic carbocycles. The molecule has 0 unspecified atom stereocenters. The quantitative estimate of drug-likeness (QED) is 0.871. The molecule has 21 heavy (non-hydrogen) atoms. The van der Waals surface area contributed by atoms with Crippen LogP contribution in [0.3, 0.4) is 0 Å². The first-order chi connectivity index (χ1) is 10.3. The smallest absolute Gasteiger partial charge is 0.157 e. The van der Waals surface area contributed by atoms with E-state index in [1.165, 1.54) is 43.2 Å². The van der Waals surface area contributed by atoms with Gasteiger partial charge < -0.3 is 0 Å². The number of tetrazole rings is 1. The molecule has 1 fully saturated rings. The van der Waals surface area contributed by atoms with Crippen LogP contribution in [0, 0.1) is 5.92 Å². The topological polar surface area (TPSA) is 43.6 Å². The summed E-state index contributed by atoms with van der Waals surface area (Å²) >= 11 is 6.47. The van der Waals surface area contributed by atoms with Gasteiger partial charge in [-0.3, -0.25) is 0 Å². The van der Waals surface area contributed by atoms with Gasteiger partial charge in [-0.05, 0) is 58.9 Å². The average molecular weight is 303 g/mol. The summed E-state index contributed by atoms with van der Waals surface area (Å²) in [6.45, 7) is 0. The standard InChI is InChI=1S/C16H19ClN4/c17-14-9-12-6-3-7-13(12)10-15(14)21-16(18-19-20-21)8-11-4-1-2-5-11/h9-11H,1-8H2.